The number of aromatic nitrogens is 3. The zero-order chi connectivity index (χ0) is 29.9. The molecule has 216 valence electrons. The van der Waals surface area contributed by atoms with Gasteiger partial charge in [0.2, 0.25) is 0 Å². The minimum absolute atomic E-state index is 0. The van der Waals surface area contributed by atoms with Crippen LogP contribution in [0, 0.1) is 59.7 Å². The van der Waals surface area contributed by atoms with Gasteiger partial charge in [-0.2, -0.15) is 0 Å². The summed E-state index contributed by atoms with van der Waals surface area (Å²) >= 11 is 0. The Morgan fingerprint density at radius 2 is 0.674 bits per heavy atom. The molecule has 0 spiro atoms. The fourth-order valence-corrected chi connectivity index (χ4v) is 3.97. The van der Waals surface area contributed by atoms with E-state index in [4.69, 9.17) is 0 Å². The average Bonchev–Trinajstić information content (AvgIpc) is 3.03. The Bertz CT molecular complexity index is 1510. The maximum absolute atomic E-state index is 4.38. The second-order valence-corrected chi connectivity index (χ2v) is 10.3. The standard InChI is InChI=1S/3C13H12N.Ir/c3*1-10-8-13(14-9-11(10)2)12-6-4-3-5-7-12;/h3*3-6,8-9H,1-2H3;/q3*-1;+3. The molecule has 0 aliphatic carbocycles. The minimum Gasteiger partial charge on any atom is -0.304 e. The summed E-state index contributed by atoms with van der Waals surface area (Å²) in [6.07, 6.45) is 5.72. The Balaban J connectivity index is 0.000000175. The predicted molar refractivity (Wildman–Crippen MR) is 174 cm³/mol. The van der Waals surface area contributed by atoms with Gasteiger partial charge in [0.05, 0.1) is 0 Å². The Hall–Kier alpha value is -4.24. The van der Waals surface area contributed by atoms with E-state index in [1.54, 1.807) is 0 Å². The first-order valence-corrected chi connectivity index (χ1v) is 14.0. The van der Waals surface area contributed by atoms with Gasteiger partial charge in [-0.15, -0.1) is 108 Å². The first-order chi connectivity index (χ1) is 20.3. The maximum atomic E-state index is 4.38. The molecule has 0 atom stereocenters. The van der Waals surface area contributed by atoms with Crippen molar-refractivity contribution in [3.63, 3.8) is 0 Å². The minimum atomic E-state index is 0. The van der Waals surface area contributed by atoms with Gasteiger partial charge in [-0.1, -0.05) is 34.9 Å². The number of aryl methyl sites for hydroxylation is 6. The molecule has 6 aromatic rings. The molecule has 0 fully saturated rings. The molecule has 0 unspecified atom stereocenters. The van der Waals surface area contributed by atoms with Crippen molar-refractivity contribution < 1.29 is 20.1 Å². The number of benzene rings is 3. The van der Waals surface area contributed by atoms with Crippen molar-refractivity contribution in [3.05, 3.63) is 161 Å². The van der Waals surface area contributed by atoms with Crippen molar-refractivity contribution in [2.24, 2.45) is 0 Å². The van der Waals surface area contributed by atoms with E-state index in [1.165, 1.54) is 33.4 Å². The molecule has 3 nitrogen and oxygen atoms in total. The van der Waals surface area contributed by atoms with E-state index in [0.717, 1.165) is 33.8 Å². The summed E-state index contributed by atoms with van der Waals surface area (Å²) in [5.41, 5.74) is 13.6. The van der Waals surface area contributed by atoms with Gasteiger partial charge in [-0.3, -0.25) is 0 Å². The molecule has 0 bridgehead atoms. The van der Waals surface area contributed by atoms with Crippen LogP contribution >= 0.6 is 0 Å². The van der Waals surface area contributed by atoms with Gasteiger partial charge in [0.1, 0.15) is 0 Å². The van der Waals surface area contributed by atoms with Crippen LogP contribution < -0.4 is 0 Å². The number of nitrogens with zero attached hydrogens (tertiary/aromatic N) is 3. The second kappa shape index (κ2) is 16.4. The van der Waals surface area contributed by atoms with Crippen molar-refractivity contribution in [1.82, 2.24) is 15.0 Å². The van der Waals surface area contributed by atoms with Crippen LogP contribution in [0.2, 0.25) is 0 Å². The smallest absolute Gasteiger partial charge is 0.304 e. The van der Waals surface area contributed by atoms with Crippen LogP contribution in [0.25, 0.3) is 33.8 Å². The molecule has 43 heavy (non-hydrogen) atoms. The van der Waals surface area contributed by atoms with E-state index in [0.29, 0.717) is 0 Å². The Kier molecular flexibility index (Phi) is 12.7. The third-order valence-electron chi connectivity index (χ3n) is 7.07. The van der Waals surface area contributed by atoms with Crippen molar-refractivity contribution in [1.29, 1.82) is 0 Å². The number of rotatable bonds is 3. The molecule has 3 heterocycles. The molecule has 6 rings (SSSR count). The van der Waals surface area contributed by atoms with E-state index in [-0.39, 0.29) is 20.1 Å². The first kappa shape index (κ1) is 33.3. The number of hydrogen-bond acceptors (Lipinski definition) is 3. The Morgan fingerprint density at radius 3 is 0.884 bits per heavy atom. The Morgan fingerprint density at radius 1 is 0.395 bits per heavy atom. The van der Waals surface area contributed by atoms with Gasteiger partial charge < -0.3 is 15.0 Å². The van der Waals surface area contributed by atoms with Crippen LogP contribution in [0.15, 0.2) is 110 Å². The quantitative estimate of drug-likeness (QED) is 0.170. The third kappa shape index (κ3) is 9.64. The summed E-state index contributed by atoms with van der Waals surface area (Å²) in [5, 5.41) is 0. The zero-order valence-corrected chi connectivity index (χ0v) is 28.0. The van der Waals surface area contributed by atoms with E-state index in [2.05, 4.69) is 92.9 Å². The molecule has 0 saturated heterocycles. The molecular weight excluding hydrogens is 703 g/mol. The van der Waals surface area contributed by atoms with Crippen molar-refractivity contribution in [3.8, 4) is 33.8 Å². The van der Waals surface area contributed by atoms with E-state index in [9.17, 15) is 0 Å². The molecule has 4 heteroatoms. The van der Waals surface area contributed by atoms with Crippen LogP contribution in [0.1, 0.15) is 33.4 Å². The predicted octanol–water partition coefficient (Wildman–Crippen LogP) is 9.49. The fourth-order valence-electron chi connectivity index (χ4n) is 3.97. The van der Waals surface area contributed by atoms with Gasteiger partial charge in [-0.25, -0.2) is 0 Å². The summed E-state index contributed by atoms with van der Waals surface area (Å²) < 4.78 is 0. The average molecular weight is 739 g/mol. The third-order valence-corrected chi connectivity index (χ3v) is 7.07. The molecule has 0 radical (unpaired) electrons. The van der Waals surface area contributed by atoms with Crippen molar-refractivity contribution >= 4 is 0 Å². The zero-order valence-electron chi connectivity index (χ0n) is 25.6. The fraction of sp³-hybridized carbons (Fsp3) is 0.154. The molecular formula is C39H36IrN3. The normalized spacial score (nSPS) is 9.91. The van der Waals surface area contributed by atoms with Crippen LogP contribution in [-0.2, 0) is 20.1 Å². The summed E-state index contributed by atoms with van der Waals surface area (Å²) in [6.45, 7) is 12.5. The molecule has 3 aromatic heterocycles. The van der Waals surface area contributed by atoms with Gasteiger partial charge in [0.15, 0.2) is 0 Å². The molecule has 0 aliphatic heterocycles. The largest absolute Gasteiger partial charge is 3.00 e. The maximum Gasteiger partial charge on any atom is 3.00 e. The van der Waals surface area contributed by atoms with E-state index < -0.39 is 0 Å². The van der Waals surface area contributed by atoms with Crippen LogP contribution in [0.3, 0.4) is 0 Å². The Labute approximate surface area is 270 Å². The monoisotopic (exact) mass is 739 g/mol. The number of pyridine rings is 3. The molecule has 0 saturated carbocycles. The summed E-state index contributed by atoms with van der Waals surface area (Å²) in [7, 11) is 0. The number of hydrogen-bond donors (Lipinski definition) is 0. The molecule has 0 N–H and O–H groups in total. The molecule has 3 aromatic carbocycles. The van der Waals surface area contributed by atoms with E-state index in [1.807, 2.05) is 91.4 Å². The van der Waals surface area contributed by atoms with Gasteiger partial charge in [0, 0.05) is 18.6 Å². The molecule has 0 amide bonds. The summed E-state index contributed by atoms with van der Waals surface area (Å²) in [5.74, 6) is 0. The van der Waals surface area contributed by atoms with Gasteiger partial charge >= 0.3 is 20.1 Å². The van der Waals surface area contributed by atoms with Crippen molar-refractivity contribution in [2.45, 2.75) is 41.5 Å². The van der Waals surface area contributed by atoms with Crippen molar-refractivity contribution in [2.75, 3.05) is 0 Å². The van der Waals surface area contributed by atoms with E-state index >= 15 is 0 Å². The van der Waals surface area contributed by atoms with Gasteiger partial charge in [-0.05, 0) is 75.3 Å². The topological polar surface area (TPSA) is 38.7 Å². The van der Waals surface area contributed by atoms with Crippen LogP contribution in [0.4, 0.5) is 0 Å². The van der Waals surface area contributed by atoms with Crippen LogP contribution in [0.5, 0.6) is 0 Å². The van der Waals surface area contributed by atoms with Crippen LogP contribution in [-0.4, -0.2) is 15.0 Å². The second-order valence-electron chi connectivity index (χ2n) is 10.3. The molecule has 0 aliphatic rings. The van der Waals surface area contributed by atoms with Gasteiger partial charge in [0.25, 0.3) is 0 Å². The SMILES string of the molecule is Cc1cnc(-c2[c-]cccc2)cc1C.Cc1cnc(-c2[c-]cccc2)cc1C.Cc1cnc(-c2[c-]cccc2)cc1C.[Ir+3]. The summed E-state index contributed by atoms with van der Waals surface area (Å²) in [4.78, 5) is 13.1. The summed E-state index contributed by atoms with van der Waals surface area (Å²) in [6, 6.07) is 39.5. The first-order valence-electron chi connectivity index (χ1n) is 14.0.